The van der Waals surface area contributed by atoms with Crippen molar-refractivity contribution in [2.24, 2.45) is 5.73 Å². The molecule has 0 spiro atoms. The summed E-state index contributed by atoms with van der Waals surface area (Å²) in [7, 11) is 0. The summed E-state index contributed by atoms with van der Waals surface area (Å²) in [4.78, 5) is 24.1. The van der Waals surface area contributed by atoms with Crippen LogP contribution in [0.2, 0.25) is 0 Å². The first-order valence-corrected chi connectivity index (χ1v) is 6.46. The highest BCUT2D eigenvalue weighted by atomic mass is 16.4. The molecular weight excluding hydrogens is 244 g/mol. The van der Waals surface area contributed by atoms with Gasteiger partial charge in [-0.2, -0.15) is 0 Å². The van der Waals surface area contributed by atoms with Gasteiger partial charge in [0.25, 0.3) is 0 Å². The van der Waals surface area contributed by atoms with Crippen molar-refractivity contribution in [2.75, 3.05) is 18.0 Å². The highest BCUT2D eigenvalue weighted by molar-refractivity contribution is 5.96. The minimum Gasteiger partial charge on any atom is -0.481 e. The molecule has 0 radical (unpaired) electrons. The first kappa shape index (κ1) is 13.5. The molecule has 102 valence electrons. The molecule has 5 nitrogen and oxygen atoms in total. The molecule has 1 aliphatic rings. The molecule has 0 aromatic heterocycles. The molecule has 0 bridgehead atoms. The molecule has 2 rings (SSSR count). The van der Waals surface area contributed by atoms with Gasteiger partial charge in [-0.1, -0.05) is 12.1 Å². The molecule has 0 fully saturated rings. The van der Waals surface area contributed by atoms with E-state index in [1.165, 1.54) is 0 Å². The molecule has 0 aliphatic carbocycles. The number of aliphatic carboxylic acids is 1. The lowest BCUT2D eigenvalue weighted by Crippen LogP contribution is -2.36. The zero-order chi connectivity index (χ0) is 13.8. The molecule has 0 saturated heterocycles. The molecule has 1 amide bonds. The zero-order valence-electron chi connectivity index (χ0n) is 10.8. The second-order valence-electron chi connectivity index (χ2n) is 4.69. The van der Waals surface area contributed by atoms with E-state index in [1.54, 1.807) is 4.90 Å². The van der Waals surface area contributed by atoms with Crippen molar-refractivity contribution in [2.45, 2.75) is 25.7 Å². The smallest absolute Gasteiger partial charge is 0.305 e. The van der Waals surface area contributed by atoms with Crippen LogP contribution in [-0.4, -0.2) is 30.1 Å². The van der Waals surface area contributed by atoms with Crippen molar-refractivity contribution in [1.82, 2.24) is 0 Å². The number of nitrogens with zero attached hydrogens (tertiary/aromatic N) is 1. The molecule has 1 heterocycles. The van der Waals surface area contributed by atoms with E-state index in [0.29, 0.717) is 13.0 Å². The van der Waals surface area contributed by atoms with E-state index in [4.69, 9.17) is 10.8 Å². The van der Waals surface area contributed by atoms with E-state index >= 15 is 0 Å². The quantitative estimate of drug-likeness (QED) is 0.827. The molecule has 1 aromatic carbocycles. The lowest BCUT2D eigenvalue weighted by Gasteiger charge is -2.29. The number of benzene rings is 1. The summed E-state index contributed by atoms with van der Waals surface area (Å²) in [5.41, 5.74) is 8.65. The van der Waals surface area contributed by atoms with Crippen LogP contribution in [0.1, 0.15) is 24.0 Å². The summed E-state index contributed by atoms with van der Waals surface area (Å²) in [5.74, 6) is -0.889. The number of anilines is 1. The molecule has 19 heavy (non-hydrogen) atoms. The third-order valence-corrected chi connectivity index (χ3v) is 3.33. The molecule has 1 aliphatic heterocycles. The fourth-order valence-electron chi connectivity index (χ4n) is 2.39. The van der Waals surface area contributed by atoms with Crippen LogP contribution in [0.4, 0.5) is 5.69 Å². The second kappa shape index (κ2) is 5.84. The number of aryl methyl sites for hydroxylation is 1. The predicted octanol–water partition coefficient (Wildman–Crippen LogP) is 0.942. The van der Waals surface area contributed by atoms with Gasteiger partial charge in [0.15, 0.2) is 0 Å². The van der Waals surface area contributed by atoms with Gasteiger partial charge in [-0.05, 0) is 36.6 Å². The number of carboxylic acid groups (broad SMARTS) is 1. The Labute approximate surface area is 112 Å². The fraction of sp³-hybridized carbons (Fsp3) is 0.429. The number of rotatable bonds is 5. The van der Waals surface area contributed by atoms with Crippen molar-refractivity contribution in [3.05, 3.63) is 29.3 Å². The zero-order valence-corrected chi connectivity index (χ0v) is 10.8. The minimum atomic E-state index is -0.889. The lowest BCUT2D eigenvalue weighted by molar-refractivity contribution is -0.136. The van der Waals surface area contributed by atoms with E-state index < -0.39 is 5.97 Å². The topological polar surface area (TPSA) is 83.6 Å². The Bertz CT molecular complexity index is 499. The maximum atomic E-state index is 11.9. The number of hydrogen-bond donors (Lipinski definition) is 2. The normalized spacial score (nSPS) is 14.4. The van der Waals surface area contributed by atoms with Crippen LogP contribution in [0.5, 0.6) is 0 Å². The molecule has 5 heteroatoms. The lowest BCUT2D eigenvalue weighted by atomic mass is 9.97. The Balaban J connectivity index is 2.23. The Hall–Kier alpha value is -1.88. The van der Waals surface area contributed by atoms with Gasteiger partial charge in [0.05, 0.1) is 6.42 Å². The summed E-state index contributed by atoms with van der Waals surface area (Å²) in [6, 6.07) is 5.93. The summed E-state index contributed by atoms with van der Waals surface area (Å²) in [5, 5.41) is 8.74. The molecule has 3 N–H and O–H groups in total. The van der Waals surface area contributed by atoms with E-state index in [0.717, 1.165) is 29.7 Å². The van der Waals surface area contributed by atoms with Crippen LogP contribution >= 0.6 is 0 Å². The van der Waals surface area contributed by atoms with Crippen LogP contribution in [-0.2, 0) is 22.4 Å². The monoisotopic (exact) mass is 262 g/mol. The predicted molar refractivity (Wildman–Crippen MR) is 72.1 cm³/mol. The average molecular weight is 262 g/mol. The maximum absolute atomic E-state index is 11.9. The molecular formula is C14H18N2O3. The van der Waals surface area contributed by atoms with Crippen molar-refractivity contribution >= 4 is 17.6 Å². The Morgan fingerprint density at radius 3 is 2.84 bits per heavy atom. The number of amides is 1. The molecule has 0 unspecified atom stereocenters. The summed E-state index contributed by atoms with van der Waals surface area (Å²) < 4.78 is 0. The number of hydrogen-bond acceptors (Lipinski definition) is 3. The maximum Gasteiger partial charge on any atom is 0.305 e. The molecule has 1 aromatic rings. The van der Waals surface area contributed by atoms with E-state index in [2.05, 4.69) is 6.07 Å². The summed E-state index contributed by atoms with van der Waals surface area (Å²) >= 11 is 0. The van der Waals surface area contributed by atoms with Gasteiger partial charge in [-0.3, -0.25) is 9.59 Å². The third kappa shape index (κ3) is 3.12. The van der Waals surface area contributed by atoms with Gasteiger partial charge < -0.3 is 15.7 Å². The first-order chi connectivity index (χ1) is 9.11. The Morgan fingerprint density at radius 1 is 1.37 bits per heavy atom. The average Bonchev–Trinajstić information content (AvgIpc) is 2.38. The Morgan fingerprint density at radius 2 is 2.16 bits per heavy atom. The van der Waals surface area contributed by atoms with Crippen LogP contribution in [0.3, 0.4) is 0 Å². The molecule has 0 atom stereocenters. The van der Waals surface area contributed by atoms with Gasteiger partial charge in [0, 0.05) is 18.7 Å². The van der Waals surface area contributed by atoms with Crippen LogP contribution in [0.15, 0.2) is 18.2 Å². The number of carbonyl (C=O) groups excluding carboxylic acids is 1. The van der Waals surface area contributed by atoms with Gasteiger partial charge in [-0.15, -0.1) is 0 Å². The van der Waals surface area contributed by atoms with Crippen LogP contribution in [0.25, 0.3) is 0 Å². The van der Waals surface area contributed by atoms with Gasteiger partial charge >= 0.3 is 5.97 Å². The minimum absolute atomic E-state index is 0.000301. The van der Waals surface area contributed by atoms with E-state index in [9.17, 15) is 9.59 Å². The second-order valence-corrected chi connectivity index (χ2v) is 4.69. The van der Waals surface area contributed by atoms with Crippen molar-refractivity contribution in [1.29, 1.82) is 0 Å². The summed E-state index contributed by atoms with van der Waals surface area (Å²) in [6.07, 6.45) is 1.95. The van der Waals surface area contributed by atoms with Crippen molar-refractivity contribution < 1.29 is 14.7 Å². The summed E-state index contributed by atoms with van der Waals surface area (Å²) in [6.45, 7) is 0.831. The number of fused-ring (bicyclic) bond motifs is 1. The third-order valence-electron chi connectivity index (χ3n) is 3.33. The van der Waals surface area contributed by atoms with E-state index in [1.807, 2.05) is 12.1 Å². The van der Waals surface area contributed by atoms with Crippen molar-refractivity contribution in [3.8, 4) is 0 Å². The highest BCUT2D eigenvalue weighted by Crippen LogP contribution is 2.29. The van der Waals surface area contributed by atoms with Crippen LogP contribution < -0.4 is 10.6 Å². The first-order valence-electron chi connectivity index (χ1n) is 6.46. The van der Waals surface area contributed by atoms with Gasteiger partial charge in [-0.25, -0.2) is 0 Å². The number of carboxylic acids is 1. The number of carbonyl (C=O) groups is 2. The van der Waals surface area contributed by atoms with Gasteiger partial charge in [0.1, 0.15) is 0 Å². The van der Waals surface area contributed by atoms with Crippen LogP contribution in [0, 0.1) is 0 Å². The van der Waals surface area contributed by atoms with Crippen molar-refractivity contribution in [3.63, 3.8) is 0 Å². The largest absolute Gasteiger partial charge is 0.481 e. The molecule has 0 saturated carbocycles. The highest BCUT2D eigenvalue weighted by Gasteiger charge is 2.24. The fourth-order valence-corrected chi connectivity index (χ4v) is 2.39. The Kier molecular flexibility index (Phi) is 4.16. The standard InChI is InChI=1S/C14H18N2O3/c15-7-5-10-1-3-12-11(9-10)2-4-13(17)16(12)8-6-14(18)19/h1,3,9H,2,4-8,15H2,(H,18,19). The SMILES string of the molecule is NCCc1ccc2c(c1)CCC(=O)N2CCC(=O)O. The van der Waals surface area contributed by atoms with Gasteiger partial charge in [0.2, 0.25) is 5.91 Å². The number of nitrogens with two attached hydrogens (primary N) is 1. The van der Waals surface area contributed by atoms with E-state index in [-0.39, 0.29) is 18.9 Å².